The maximum atomic E-state index is 11.2. The number of para-hydroxylation sites is 1. The van der Waals surface area contributed by atoms with E-state index < -0.39 is 5.97 Å². The molecule has 0 spiro atoms. The Hall–Kier alpha value is -5.31. The van der Waals surface area contributed by atoms with Gasteiger partial charge in [-0.15, -0.1) is 5.10 Å². The number of nitrogens with zero attached hydrogens (tertiary/aromatic N) is 6. The van der Waals surface area contributed by atoms with Gasteiger partial charge in [-0.1, -0.05) is 54.6 Å². The molecule has 1 N–H and O–H groups in total. The first-order valence-corrected chi connectivity index (χ1v) is 12.9. The predicted octanol–water partition coefficient (Wildman–Crippen LogP) is 5.45. The Morgan fingerprint density at radius 2 is 1.90 bits per heavy atom. The molecule has 0 aliphatic heterocycles. The highest BCUT2D eigenvalue weighted by Crippen LogP contribution is 2.31. The first-order valence-electron chi connectivity index (χ1n) is 12.9. The molecule has 0 saturated heterocycles. The molecule has 3 heterocycles. The zero-order chi connectivity index (χ0) is 27.3. The second kappa shape index (κ2) is 11.2. The number of carboxylic acids is 1. The van der Waals surface area contributed by atoms with Gasteiger partial charge in [-0.2, -0.15) is 4.68 Å². The molecule has 3 aromatic heterocycles. The van der Waals surface area contributed by atoms with Crippen LogP contribution < -0.4 is 4.74 Å². The minimum absolute atomic E-state index is 0.0611. The summed E-state index contributed by atoms with van der Waals surface area (Å²) in [6.45, 7) is 0.772. The number of benzene rings is 3. The number of tetrazole rings is 1. The molecule has 0 fully saturated rings. The van der Waals surface area contributed by atoms with E-state index in [0.29, 0.717) is 18.7 Å². The van der Waals surface area contributed by atoms with E-state index in [0.717, 1.165) is 44.2 Å². The van der Waals surface area contributed by atoms with Crippen molar-refractivity contribution in [2.45, 2.75) is 26.1 Å². The van der Waals surface area contributed by atoms with Gasteiger partial charge in [-0.3, -0.25) is 4.79 Å². The molecule has 40 heavy (non-hydrogen) atoms. The number of aliphatic carboxylic acids is 1. The van der Waals surface area contributed by atoms with Gasteiger partial charge in [0.25, 0.3) is 0 Å². The summed E-state index contributed by atoms with van der Waals surface area (Å²) in [6.07, 6.45) is 8.09. The third-order valence-corrected chi connectivity index (χ3v) is 6.70. The van der Waals surface area contributed by atoms with Crippen LogP contribution in [0.25, 0.3) is 34.0 Å². The van der Waals surface area contributed by atoms with Gasteiger partial charge in [0.2, 0.25) is 0 Å². The fourth-order valence-electron chi connectivity index (χ4n) is 4.78. The molecule has 0 aliphatic carbocycles. The van der Waals surface area contributed by atoms with Gasteiger partial charge >= 0.3 is 5.97 Å². The Morgan fingerprint density at radius 1 is 0.975 bits per heavy atom. The van der Waals surface area contributed by atoms with Crippen LogP contribution in [0.4, 0.5) is 0 Å². The van der Waals surface area contributed by atoms with Crippen molar-refractivity contribution >= 4 is 39.9 Å². The number of hydrogen-bond acceptors (Lipinski definition) is 6. The lowest BCUT2D eigenvalue weighted by molar-refractivity contribution is -0.136. The Bertz CT molecular complexity index is 1820. The van der Waals surface area contributed by atoms with Crippen molar-refractivity contribution < 1.29 is 14.6 Å². The van der Waals surface area contributed by atoms with Crippen LogP contribution in [0.2, 0.25) is 0 Å². The van der Waals surface area contributed by atoms with Crippen LogP contribution in [0.5, 0.6) is 5.75 Å². The highest BCUT2D eigenvalue weighted by molar-refractivity contribution is 5.89. The van der Waals surface area contributed by atoms with Gasteiger partial charge in [0.05, 0.1) is 16.7 Å². The van der Waals surface area contributed by atoms with Crippen LogP contribution in [0.1, 0.15) is 28.8 Å². The highest BCUT2D eigenvalue weighted by Gasteiger charge is 2.14. The Labute approximate surface area is 230 Å². The number of ether oxygens (including phenoxy) is 1. The van der Waals surface area contributed by atoms with Crippen LogP contribution >= 0.6 is 0 Å². The van der Waals surface area contributed by atoms with Crippen molar-refractivity contribution in [3.05, 3.63) is 114 Å². The minimum Gasteiger partial charge on any atom is -0.481 e. The van der Waals surface area contributed by atoms with Gasteiger partial charge in [-0.25, -0.2) is 4.98 Å². The van der Waals surface area contributed by atoms with E-state index in [9.17, 15) is 9.90 Å². The minimum atomic E-state index is -0.824. The van der Waals surface area contributed by atoms with Crippen LogP contribution in [-0.4, -0.2) is 40.8 Å². The second-order valence-electron chi connectivity index (χ2n) is 9.45. The molecule has 6 rings (SSSR count). The zero-order valence-corrected chi connectivity index (χ0v) is 21.6. The van der Waals surface area contributed by atoms with Crippen molar-refractivity contribution in [2.75, 3.05) is 0 Å². The van der Waals surface area contributed by atoms with Gasteiger partial charge in [-0.05, 0) is 69.9 Å². The summed E-state index contributed by atoms with van der Waals surface area (Å²) in [5, 5.41) is 22.5. The molecule has 9 heteroatoms. The molecule has 0 radical (unpaired) electrons. The third kappa shape index (κ3) is 5.58. The number of pyridine rings is 1. The fraction of sp³-hybridized carbons (Fsp3) is 0.129. The summed E-state index contributed by atoms with van der Waals surface area (Å²) in [5.74, 6) is -0.150. The monoisotopic (exact) mass is 530 g/mol. The van der Waals surface area contributed by atoms with E-state index >= 15 is 0 Å². The number of carbonyl (C=O) groups is 1. The number of hydrogen-bond donors (Lipinski definition) is 1. The lowest BCUT2D eigenvalue weighted by atomic mass is 10.0. The number of aromatic nitrogens is 6. The Morgan fingerprint density at radius 3 is 2.77 bits per heavy atom. The van der Waals surface area contributed by atoms with Crippen molar-refractivity contribution in [1.29, 1.82) is 0 Å². The van der Waals surface area contributed by atoms with Crippen molar-refractivity contribution in [2.24, 2.45) is 0 Å². The second-order valence-corrected chi connectivity index (χ2v) is 9.45. The molecule has 9 nitrogen and oxygen atoms in total. The van der Waals surface area contributed by atoms with E-state index in [2.05, 4.69) is 56.5 Å². The molecule has 0 aliphatic rings. The quantitative estimate of drug-likeness (QED) is 0.251. The average Bonchev–Trinajstić information content (AvgIpc) is 3.65. The summed E-state index contributed by atoms with van der Waals surface area (Å²) >= 11 is 0. The normalized spacial score (nSPS) is 11.5. The third-order valence-electron chi connectivity index (χ3n) is 6.70. The number of rotatable bonds is 10. The first kappa shape index (κ1) is 25.0. The number of carboxylic acid groups (broad SMARTS) is 1. The molecule has 0 saturated carbocycles. The van der Waals surface area contributed by atoms with Crippen LogP contribution in [0.15, 0.2) is 91.4 Å². The largest absolute Gasteiger partial charge is 0.481 e. The molecule has 0 amide bonds. The van der Waals surface area contributed by atoms with Crippen LogP contribution in [-0.2, 0) is 24.5 Å². The maximum absolute atomic E-state index is 11.2. The molecule has 198 valence electrons. The molecule has 0 unspecified atom stereocenters. The van der Waals surface area contributed by atoms with E-state index in [-0.39, 0.29) is 13.2 Å². The fourth-order valence-corrected chi connectivity index (χ4v) is 4.78. The molecule has 0 bridgehead atoms. The Kier molecular flexibility index (Phi) is 7.00. The van der Waals surface area contributed by atoms with Crippen molar-refractivity contribution in [3.63, 3.8) is 0 Å². The van der Waals surface area contributed by atoms with Crippen molar-refractivity contribution in [3.8, 4) is 5.75 Å². The molecule has 6 aromatic rings. The summed E-state index contributed by atoms with van der Waals surface area (Å²) in [5.41, 5.74) is 5.93. The van der Waals surface area contributed by atoms with E-state index in [1.54, 1.807) is 0 Å². The van der Waals surface area contributed by atoms with Gasteiger partial charge in [0, 0.05) is 29.9 Å². The topological polar surface area (TPSA) is 108 Å². The lowest BCUT2D eigenvalue weighted by Crippen LogP contribution is -2.08. The summed E-state index contributed by atoms with van der Waals surface area (Å²) in [6, 6.07) is 26.4. The standard InChI is InChI=1S/C31H26N6O3/c38-30(39)15-11-24-10-14-29(40-21-37-20-32-34-35-37)31-27(24)16-17-36(31)19-23-5-3-4-22(18-23)8-12-26-13-9-25-6-1-2-7-28(25)33-26/h1-10,12-14,16-18,20H,11,15,19,21H2,(H,38,39)/b12-8+. The summed E-state index contributed by atoms with van der Waals surface area (Å²) < 4.78 is 9.71. The lowest BCUT2D eigenvalue weighted by Gasteiger charge is -2.13. The number of fused-ring (bicyclic) bond motifs is 2. The zero-order valence-electron chi connectivity index (χ0n) is 21.6. The average molecular weight is 531 g/mol. The van der Waals surface area contributed by atoms with Crippen LogP contribution in [0, 0.1) is 0 Å². The van der Waals surface area contributed by atoms with Crippen molar-refractivity contribution in [1.82, 2.24) is 29.8 Å². The molecular formula is C31H26N6O3. The number of aryl methyl sites for hydroxylation is 1. The Balaban J connectivity index is 1.27. The van der Waals surface area contributed by atoms with Gasteiger partial charge in [0.1, 0.15) is 12.1 Å². The van der Waals surface area contributed by atoms with E-state index in [1.165, 1.54) is 11.0 Å². The summed E-state index contributed by atoms with van der Waals surface area (Å²) in [7, 11) is 0. The van der Waals surface area contributed by atoms with Gasteiger partial charge < -0.3 is 14.4 Å². The molecular weight excluding hydrogens is 504 g/mol. The highest BCUT2D eigenvalue weighted by atomic mass is 16.5. The maximum Gasteiger partial charge on any atom is 0.303 e. The van der Waals surface area contributed by atoms with Crippen LogP contribution in [0.3, 0.4) is 0 Å². The first-order chi connectivity index (χ1) is 19.6. The van der Waals surface area contributed by atoms with Gasteiger partial charge in [0.15, 0.2) is 6.73 Å². The SMILES string of the molecule is O=C(O)CCc1ccc(OCn2cnnn2)c2c1ccn2Cc1cccc(/C=C/c2ccc3ccccc3n2)c1. The molecule has 3 aromatic carbocycles. The summed E-state index contributed by atoms with van der Waals surface area (Å²) in [4.78, 5) is 16.0. The predicted molar refractivity (Wildman–Crippen MR) is 153 cm³/mol. The van der Waals surface area contributed by atoms with E-state index in [1.807, 2.05) is 60.8 Å². The van der Waals surface area contributed by atoms with E-state index in [4.69, 9.17) is 9.72 Å². The molecule has 0 atom stereocenters. The smallest absolute Gasteiger partial charge is 0.303 e.